The van der Waals surface area contributed by atoms with Crippen LogP contribution in [0.5, 0.6) is 0 Å². The van der Waals surface area contributed by atoms with Crippen LogP contribution in [0, 0.1) is 5.82 Å². The molecule has 2 aromatic carbocycles. The number of carbonyl (C=O) groups excluding carboxylic acids is 2. The maximum atomic E-state index is 13.0. The number of rotatable bonds is 2. The van der Waals surface area contributed by atoms with E-state index in [1.54, 1.807) is 4.90 Å². The monoisotopic (exact) mass is 313 g/mol. The standard InChI is InChI=1S/C18H16FNO3/c1-23-18(22)15-10-11-20(16-5-3-2-4-14(15)16)17(21)12-6-8-13(19)9-7-12/h2-9,15H,10-11H2,1H3/t15-/m1/s1. The summed E-state index contributed by atoms with van der Waals surface area (Å²) < 4.78 is 17.9. The Hall–Kier alpha value is -2.69. The van der Waals surface area contributed by atoms with E-state index in [4.69, 9.17) is 4.74 Å². The zero-order valence-corrected chi connectivity index (χ0v) is 12.7. The smallest absolute Gasteiger partial charge is 0.313 e. The molecule has 0 bridgehead atoms. The molecule has 4 nitrogen and oxygen atoms in total. The van der Waals surface area contributed by atoms with Gasteiger partial charge in [0.15, 0.2) is 0 Å². The van der Waals surface area contributed by atoms with Crippen LogP contribution in [0.25, 0.3) is 0 Å². The summed E-state index contributed by atoms with van der Waals surface area (Å²) >= 11 is 0. The van der Waals surface area contributed by atoms with Crippen LogP contribution >= 0.6 is 0 Å². The molecule has 0 spiro atoms. The van der Waals surface area contributed by atoms with Crippen LogP contribution < -0.4 is 4.90 Å². The lowest BCUT2D eigenvalue weighted by Gasteiger charge is -2.33. The van der Waals surface area contributed by atoms with Crippen LogP contribution in [0.1, 0.15) is 28.3 Å². The number of halogens is 1. The molecule has 2 aromatic rings. The first-order chi connectivity index (χ1) is 11.1. The largest absolute Gasteiger partial charge is 0.469 e. The predicted molar refractivity (Wildman–Crippen MR) is 83.9 cm³/mol. The third-order valence-electron chi connectivity index (χ3n) is 4.07. The van der Waals surface area contributed by atoms with Crippen LogP contribution in [-0.4, -0.2) is 25.5 Å². The minimum atomic E-state index is -0.383. The fourth-order valence-corrected chi connectivity index (χ4v) is 2.91. The molecule has 0 aromatic heterocycles. The Labute approximate surface area is 133 Å². The van der Waals surface area contributed by atoms with Gasteiger partial charge in [0, 0.05) is 17.8 Å². The summed E-state index contributed by atoms with van der Waals surface area (Å²) in [5.41, 5.74) is 1.89. The van der Waals surface area contributed by atoms with Crippen LogP contribution in [0.15, 0.2) is 48.5 Å². The first-order valence-corrected chi connectivity index (χ1v) is 7.36. The first kappa shape index (κ1) is 15.2. The second-order valence-electron chi connectivity index (χ2n) is 5.39. The molecule has 0 N–H and O–H groups in total. The van der Waals surface area contributed by atoms with Crippen molar-refractivity contribution in [1.29, 1.82) is 0 Å². The van der Waals surface area contributed by atoms with E-state index in [9.17, 15) is 14.0 Å². The van der Waals surface area contributed by atoms with Crippen LogP contribution in [-0.2, 0) is 9.53 Å². The fourth-order valence-electron chi connectivity index (χ4n) is 2.91. The molecule has 0 saturated heterocycles. The van der Waals surface area contributed by atoms with E-state index in [1.807, 2.05) is 24.3 Å². The average molecular weight is 313 g/mol. The van der Waals surface area contributed by atoms with E-state index in [0.29, 0.717) is 24.2 Å². The molecule has 23 heavy (non-hydrogen) atoms. The molecule has 1 amide bonds. The molecule has 3 rings (SSSR count). The van der Waals surface area contributed by atoms with E-state index in [0.717, 1.165) is 5.56 Å². The molecular weight excluding hydrogens is 297 g/mol. The minimum Gasteiger partial charge on any atom is -0.469 e. The lowest BCUT2D eigenvalue weighted by atomic mass is 9.89. The molecular formula is C18H16FNO3. The van der Waals surface area contributed by atoms with Gasteiger partial charge in [0.1, 0.15) is 5.82 Å². The van der Waals surface area contributed by atoms with Crippen LogP contribution in [0.4, 0.5) is 10.1 Å². The van der Waals surface area contributed by atoms with Crippen molar-refractivity contribution < 1.29 is 18.7 Å². The summed E-state index contributed by atoms with van der Waals surface area (Å²) in [5.74, 6) is -1.26. The maximum absolute atomic E-state index is 13.0. The summed E-state index contributed by atoms with van der Waals surface area (Å²) in [6.07, 6.45) is 0.497. The Balaban J connectivity index is 1.96. The van der Waals surface area contributed by atoms with Gasteiger partial charge in [0.05, 0.1) is 13.0 Å². The predicted octanol–water partition coefficient (Wildman–Crippen LogP) is 3.13. The molecule has 0 aliphatic carbocycles. The molecule has 0 unspecified atom stereocenters. The van der Waals surface area contributed by atoms with E-state index in [-0.39, 0.29) is 23.6 Å². The van der Waals surface area contributed by atoms with Crippen molar-refractivity contribution in [1.82, 2.24) is 0 Å². The van der Waals surface area contributed by atoms with E-state index < -0.39 is 0 Å². The van der Waals surface area contributed by atoms with E-state index >= 15 is 0 Å². The van der Waals surface area contributed by atoms with Gasteiger partial charge < -0.3 is 9.64 Å². The third kappa shape index (κ3) is 2.82. The number of amides is 1. The lowest BCUT2D eigenvalue weighted by molar-refractivity contribution is -0.142. The van der Waals surface area contributed by atoms with Gasteiger partial charge in [-0.2, -0.15) is 0 Å². The number of ether oxygens (including phenoxy) is 1. The Morgan fingerprint density at radius 3 is 2.52 bits per heavy atom. The summed E-state index contributed by atoms with van der Waals surface area (Å²) in [4.78, 5) is 26.3. The van der Waals surface area contributed by atoms with Gasteiger partial charge in [0.2, 0.25) is 0 Å². The number of carbonyl (C=O) groups is 2. The highest BCUT2D eigenvalue weighted by Crippen LogP contribution is 2.36. The maximum Gasteiger partial charge on any atom is 0.313 e. The SMILES string of the molecule is COC(=O)[C@@H]1CCN(C(=O)c2ccc(F)cc2)c2ccccc21. The highest BCUT2D eigenvalue weighted by Gasteiger charge is 2.33. The number of anilines is 1. The molecule has 1 aliphatic rings. The van der Waals surface area contributed by atoms with Gasteiger partial charge in [-0.1, -0.05) is 18.2 Å². The Morgan fingerprint density at radius 1 is 1.13 bits per heavy atom. The van der Waals surface area contributed by atoms with Crippen LogP contribution in [0.3, 0.4) is 0 Å². The average Bonchev–Trinajstić information content (AvgIpc) is 2.60. The van der Waals surface area contributed by atoms with Crippen molar-refractivity contribution in [3.05, 3.63) is 65.5 Å². The first-order valence-electron chi connectivity index (χ1n) is 7.36. The Kier molecular flexibility index (Phi) is 4.10. The van der Waals surface area contributed by atoms with E-state index in [2.05, 4.69) is 0 Å². The molecule has 1 aliphatic heterocycles. The number of fused-ring (bicyclic) bond motifs is 1. The molecule has 0 saturated carbocycles. The zero-order valence-electron chi connectivity index (χ0n) is 12.7. The fraction of sp³-hybridized carbons (Fsp3) is 0.222. The summed E-state index contributed by atoms with van der Waals surface area (Å²) in [6, 6.07) is 12.8. The second-order valence-corrected chi connectivity index (χ2v) is 5.39. The third-order valence-corrected chi connectivity index (χ3v) is 4.07. The van der Waals surface area contributed by atoms with Gasteiger partial charge in [-0.3, -0.25) is 9.59 Å². The van der Waals surface area contributed by atoms with Crippen molar-refractivity contribution in [3.63, 3.8) is 0 Å². The molecule has 118 valence electrons. The minimum absolute atomic E-state index is 0.208. The quantitative estimate of drug-likeness (QED) is 0.800. The van der Waals surface area contributed by atoms with Crippen molar-refractivity contribution >= 4 is 17.6 Å². The number of hydrogen-bond donors (Lipinski definition) is 0. The number of methoxy groups -OCH3 is 1. The molecule has 1 heterocycles. The Morgan fingerprint density at radius 2 is 1.83 bits per heavy atom. The number of para-hydroxylation sites is 1. The van der Waals surface area contributed by atoms with Gasteiger partial charge in [-0.15, -0.1) is 0 Å². The summed E-state index contributed by atoms with van der Waals surface area (Å²) in [5, 5.41) is 0. The molecule has 0 fully saturated rings. The molecule has 0 radical (unpaired) electrons. The molecule has 1 atom stereocenters. The summed E-state index contributed by atoms with van der Waals surface area (Å²) in [6.45, 7) is 0.410. The highest BCUT2D eigenvalue weighted by molar-refractivity contribution is 6.07. The molecule has 5 heteroatoms. The normalized spacial score (nSPS) is 16.6. The van der Waals surface area contributed by atoms with Crippen molar-refractivity contribution in [3.8, 4) is 0 Å². The number of esters is 1. The van der Waals surface area contributed by atoms with Crippen LogP contribution in [0.2, 0.25) is 0 Å². The van der Waals surface area contributed by atoms with Crippen molar-refractivity contribution in [2.45, 2.75) is 12.3 Å². The second kappa shape index (κ2) is 6.20. The van der Waals surface area contributed by atoms with E-state index in [1.165, 1.54) is 31.4 Å². The Bertz CT molecular complexity index is 742. The topological polar surface area (TPSA) is 46.6 Å². The van der Waals surface area contributed by atoms with Gasteiger partial charge in [-0.25, -0.2) is 4.39 Å². The zero-order chi connectivity index (χ0) is 16.4. The van der Waals surface area contributed by atoms with Crippen molar-refractivity contribution in [2.75, 3.05) is 18.6 Å². The van der Waals surface area contributed by atoms with Gasteiger partial charge >= 0.3 is 5.97 Å². The lowest BCUT2D eigenvalue weighted by Crippen LogP contribution is -2.38. The highest BCUT2D eigenvalue weighted by atomic mass is 19.1. The number of hydrogen-bond acceptors (Lipinski definition) is 3. The number of benzene rings is 2. The van der Waals surface area contributed by atoms with Gasteiger partial charge in [0.25, 0.3) is 5.91 Å². The number of nitrogens with zero attached hydrogens (tertiary/aromatic N) is 1. The van der Waals surface area contributed by atoms with Crippen molar-refractivity contribution in [2.24, 2.45) is 0 Å². The van der Waals surface area contributed by atoms with Gasteiger partial charge in [-0.05, 0) is 42.3 Å². The summed E-state index contributed by atoms with van der Waals surface area (Å²) in [7, 11) is 1.36.